The van der Waals surface area contributed by atoms with Crippen LogP contribution < -0.4 is 10.2 Å². The largest absolute Gasteiger partial charge is 0.369 e. The molecule has 2 heterocycles. The molecule has 2 rings (SSSR count). The van der Waals surface area contributed by atoms with Crippen LogP contribution in [-0.4, -0.2) is 24.6 Å². The van der Waals surface area contributed by atoms with E-state index in [-0.39, 0.29) is 0 Å². The van der Waals surface area contributed by atoms with Gasteiger partial charge in [0.1, 0.15) is 11.6 Å². The van der Waals surface area contributed by atoms with Gasteiger partial charge in [-0.05, 0) is 31.2 Å². The summed E-state index contributed by atoms with van der Waals surface area (Å²) < 4.78 is 0. The molecule has 1 N–H and O–H groups in total. The topological polar surface area (TPSA) is 28.2 Å². The van der Waals surface area contributed by atoms with E-state index in [4.69, 9.17) is 23.2 Å². The molecule has 1 fully saturated rings. The third-order valence-electron chi connectivity index (χ3n) is 4.06. The van der Waals surface area contributed by atoms with Gasteiger partial charge in [0.15, 0.2) is 0 Å². The van der Waals surface area contributed by atoms with E-state index in [2.05, 4.69) is 29.0 Å². The molecule has 0 bridgehead atoms. The van der Waals surface area contributed by atoms with Crippen LogP contribution in [0.5, 0.6) is 0 Å². The van der Waals surface area contributed by atoms with Crippen LogP contribution in [0.25, 0.3) is 0 Å². The lowest BCUT2D eigenvalue weighted by Crippen LogP contribution is -2.34. The Hall–Kier alpha value is -0.670. The summed E-state index contributed by atoms with van der Waals surface area (Å²) in [5.41, 5.74) is 0. The number of aromatic nitrogens is 1. The van der Waals surface area contributed by atoms with Crippen molar-refractivity contribution >= 4 is 34.8 Å². The van der Waals surface area contributed by atoms with Crippen molar-refractivity contribution in [3.05, 3.63) is 16.1 Å². The standard InChI is InChI=1S/C16H25Cl2N3/c1-3-5-12-6-9-21(10-7-12)16-14(18)11-13(17)15(20-16)19-8-4-2/h11-12H,3-10H2,1-2H3,(H,19,20). The van der Waals surface area contributed by atoms with Crippen molar-refractivity contribution in [1.82, 2.24) is 4.98 Å². The van der Waals surface area contributed by atoms with Gasteiger partial charge in [-0.2, -0.15) is 0 Å². The van der Waals surface area contributed by atoms with Crippen LogP contribution in [0.1, 0.15) is 46.0 Å². The van der Waals surface area contributed by atoms with Gasteiger partial charge < -0.3 is 10.2 Å². The summed E-state index contributed by atoms with van der Waals surface area (Å²) >= 11 is 12.6. The van der Waals surface area contributed by atoms with Crippen molar-refractivity contribution in [2.75, 3.05) is 29.9 Å². The molecule has 1 aromatic heterocycles. The van der Waals surface area contributed by atoms with E-state index in [1.807, 2.05) is 6.07 Å². The Morgan fingerprint density at radius 2 is 1.90 bits per heavy atom. The minimum Gasteiger partial charge on any atom is -0.369 e. The fraction of sp³-hybridized carbons (Fsp3) is 0.688. The number of rotatable bonds is 6. The molecule has 118 valence electrons. The molecule has 0 aromatic carbocycles. The summed E-state index contributed by atoms with van der Waals surface area (Å²) in [5.74, 6) is 2.47. The van der Waals surface area contributed by atoms with E-state index in [0.29, 0.717) is 10.0 Å². The Morgan fingerprint density at radius 1 is 1.19 bits per heavy atom. The van der Waals surface area contributed by atoms with Crippen LogP contribution in [0.15, 0.2) is 6.07 Å². The van der Waals surface area contributed by atoms with Crippen LogP contribution in [0.4, 0.5) is 11.6 Å². The van der Waals surface area contributed by atoms with Crippen LogP contribution in [0, 0.1) is 5.92 Å². The molecule has 1 aliphatic heterocycles. The highest BCUT2D eigenvalue weighted by molar-refractivity contribution is 6.37. The molecule has 1 aliphatic rings. The molecule has 1 aromatic rings. The van der Waals surface area contributed by atoms with Crippen molar-refractivity contribution in [1.29, 1.82) is 0 Å². The highest BCUT2D eigenvalue weighted by Gasteiger charge is 2.22. The molecule has 1 saturated heterocycles. The Balaban J connectivity index is 2.09. The lowest BCUT2D eigenvalue weighted by Gasteiger charge is -2.33. The molecule has 0 radical (unpaired) electrons. The predicted octanol–water partition coefficient (Wildman–Crippen LogP) is 5.23. The summed E-state index contributed by atoms with van der Waals surface area (Å²) in [7, 11) is 0. The molecule has 0 aliphatic carbocycles. The minimum absolute atomic E-state index is 0.595. The minimum atomic E-state index is 0.595. The fourth-order valence-electron chi connectivity index (χ4n) is 2.89. The lowest BCUT2D eigenvalue weighted by molar-refractivity contribution is 0.377. The van der Waals surface area contributed by atoms with Gasteiger partial charge in [0.2, 0.25) is 0 Å². The van der Waals surface area contributed by atoms with Gasteiger partial charge in [0.25, 0.3) is 0 Å². The van der Waals surface area contributed by atoms with Crippen molar-refractivity contribution in [2.45, 2.75) is 46.0 Å². The maximum Gasteiger partial charge on any atom is 0.149 e. The number of hydrogen-bond donors (Lipinski definition) is 1. The zero-order chi connectivity index (χ0) is 15.2. The van der Waals surface area contributed by atoms with Crippen molar-refractivity contribution in [3.8, 4) is 0 Å². The zero-order valence-electron chi connectivity index (χ0n) is 13.0. The molecular weight excluding hydrogens is 305 g/mol. The fourth-order valence-corrected chi connectivity index (χ4v) is 3.43. The van der Waals surface area contributed by atoms with Gasteiger partial charge in [-0.1, -0.05) is 49.9 Å². The van der Waals surface area contributed by atoms with Crippen molar-refractivity contribution in [2.24, 2.45) is 5.92 Å². The third-order valence-corrected chi connectivity index (χ3v) is 4.63. The Morgan fingerprint density at radius 3 is 2.52 bits per heavy atom. The number of hydrogen-bond acceptors (Lipinski definition) is 3. The molecule has 0 spiro atoms. The summed E-state index contributed by atoms with van der Waals surface area (Å²) in [6.07, 6.45) is 6.10. The molecule has 0 atom stereocenters. The van der Waals surface area contributed by atoms with Gasteiger partial charge >= 0.3 is 0 Å². The second-order valence-corrected chi connectivity index (χ2v) is 6.58. The average molecular weight is 330 g/mol. The number of nitrogens with zero attached hydrogens (tertiary/aromatic N) is 2. The molecule has 21 heavy (non-hydrogen) atoms. The SMILES string of the molecule is CCCNc1nc(N2CCC(CCC)CC2)c(Cl)cc1Cl. The van der Waals surface area contributed by atoms with E-state index < -0.39 is 0 Å². The first-order valence-corrected chi connectivity index (χ1v) is 8.76. The number of halogens is 2. The number of pyridine rings is 1. The van der Waals surface area contributed by atoms with Gasteiger partial charge in [-0.15, -0.1) is 0 Å². The van der Waals surface area contributed by atoms with E-state index in [1.54, 1.807) is 0 Å². The van der Waals surface area contributed by atoms with Gasteiger partial charge in [0, 0.05) is 19.6 Å². The normalized spacial score (nSPS) is 16.3. The summed E-state index contributed by atoms with van der Waals surface area (Å²) in [6.45, 7) is 7.32. The van der Waals surface area contributed by atoms with Crippen LogP contribution in [0.2, 0.25) is 10.0 Å². The molecule has 0 amide bonds. The maximum absolute atomic E-state index is 6.35. The van der Waals surface area contributed by atoms with E-state index >= 15 is 0 Å². The zero-order valence-corrected chi connectivity index (χ0v) is 14.5. The van der Waals surface area contributed by atoms with E-state index in [1.165, 1.54) is 25.7 Å². The highest BCUT2D eigenvalue weighted by Crippen LogP contribution is 2.34. The van der Waals surface area contributed by atoms with Crippen molar-refractivity contribution < 1.29 is 0 Å². The van der Waals surface area contributed by atoms with Crippen LogP contribution >= 0.6 is 23.2 Å². The summed E-state index contributed by atoms with van der Waals surface area (Å²) in [6, 6.07) is 1.81. The number of piperidine rings is 1. The predicted molar refractivity (Wildman–Crippen MR) is 92.9 cm³/mol. The summed E-state index contributed by atoms with van der Waals surface area (Å²) in [5, 5.41) is 4.51. The monoisotopic (exact) mass is 329 g/mol. The lowest BCUT2D eigenvalue weighted by atomic mass is 9.92. The van der Waals surface area contributed by atoms with Gasteiger partial charge in [0.05, 0.1) is 10.0 Å². The highest BCUT2D eigenvalue weighted by atomic mass is 35.5. The Labute approximate surface area is 138 Å². The van der Waals surface area contributed by atoms with Gasteiger partial charge in [-0.25, -0.2) is 4.98 Å². The third kappa shape index (κ3) is 4.40. The quantitative estimate of drug-likeness (QED) is 0.774. The number of nitrogens with one attached hydrogen (secondary N) is 1. The van der Waals surface area contributed by atoms with Crippen LogP contribution in [0.3, 0.4) is 0 Å². The molecule has 0 saturated carbocycles. The smallest absolute Gasteiger partial charge is 0.149 e. The average Bonchev–Trinajstić information content (AvgIpc) is 2.48. The summed E-state index contributed by atoms with van der Waals surface area (Å²) in [4.78, 5) is 6.95. The molecule has 0 unspecified atom stereocenters. The van der Waals surface area contributed by atoms with E-state index in [9.17, 15) is 0 Å². The molecular formula is C16H25Cl2N3. The second-order valence-electron chi connectivity index (χ2n) is 5.77. The first-order valence-electron chi connectivity index (χ1n) is 8.00. The van der Waals surface area contributed by atoms with E-state index in [0.717, 1.165) is 43.6 Å². The Bertz CT molecular complexity index is 457. The van der Waals surface area contributed by atoms with Gasteiger partial charge in [-0.3, -0.25) is 0 Å². The maximum atomic E-state index is 6.35. The second kappa shape index (κ2) is 8.09. The Kier molecular flexibility index (Phi) is 6.43. The first kappa shape index (κ1) is 16.7. The molecule has 5 heteroatoms. The van der Waals surface area contributed by atoms with Crippen molar-refractivity contribution in [3.63, 3.8) is 0 Å². The first-order chi connectivity index (χ1) is 10.2. The number of anilines is 2. The molecule has 3 nitrogen and oxygen atoms in total. The van der Waals surface area contributed by atoms with Crippen LogP contribution in [-0.2, 0) is 0 Å².